The van der Waals surface area contributed by atoms with Crippen LogP contribution < -0.4 is 10.1 Å². The van der Waals surface area contributed by atoms with Crippen LogP contribution in [-0.2, 0) is 6.42 Å². The molecule has 0 amide bonds. The van der Waals surface area contributed by atoms with E-state index < -0.39 is 0 Å². The molecule has 0 spiro atoms. The van der Waals surface area contributed by atoms with Gasteiger partial charge in [0.1, 0.15) is 6.61 Å². The number of pyridine rings is 1. The average Bonchev–Trinajstić information content (AvgIpc) is 2.46. The number of hydrogen-bond acceptors (Lipinski definition) is 3. The Hall–Kier alpha value is -1.30. The van der Waals surface area contributed by atoms with Crippen LogP contribution in [0.25, 0.3) is 10.9 Å². The third-order valence-corrected chi connectivity index (χ3v) is 2.91. The minimum atomic E-state index is 0. The fourth-order valence-electron chi connectivity index (χ4n) is 1.98. The zero-order valence-electron chi connectivity index (χ0n) is 11.1. The van der Waals surface area contributed by atoms with Crippen molar-refractivity contribution in [1.82, 2.24) is 4.98 Å². The van der Waals surface area contributed by atoms with Gasteiger partial charge in [-0.05, 0) is 24.1 Å². The minimum Gasteiger partial charge on any atom is -0.488 e. The molecule has 4 heteroatoms. The Balaban J connectivity index is 0.000000866. The first-order chi connectivity index (χ1) is 8.86. The molecule has 1 aliphatic rings. The summed E-state index contributed by atoms with van der Waals surface area (Å²) in [4.78, 5) is 4.59. The molecule has 1 N–H and O–H groups in total. The second-order valence-electron chi connectivity index (χ2n) is 3.99. The van der Waals surface area contributed by atoms with Crippen LogP contribution >= 0.6 is 24.0 Å². The minimum absolute atomic E-state index is 0. The van der Waals surface area contributed by atoms with Crippen molar-refractivity contribution in [2.75, 3.05) is 18.5 Å². The molecule has 19 heavy (non-hydrogen) atoms. The van der Waals surface area contributed by atoms with Crippen molar-refractivity contribution in [3.05, 3.63) is 43.0 Å². The Morgan fingerprint density at radius 2 is 2.16 bits per heavy atom. The number of nitrogens with one attached hydrogen (secondary N) is 1. The van der Waals surface area contributed by atoms with Gasteiger partial charge in [0.2, 0.25) is 0 Å². The number of hydrogen-bond donors (Lipinski definition) is 1. The summed E-state index contributed by atoms with van der Waals surface area (Å²) in [6.45, 7) is 9.70. The van der Waals surface area contributed by atoms with E-state index in [9.17, 15) is 0 Å². The van der Waals surface area contributed by atoms with Gasteiger partial charge in [-0.1, -0.05) is 19.1 Å². The van der Waals surface area contributed by atoms with Gasteiger partial charge in [-0.15, -0.1) is 37.1 Å². The summed E-state index contributed by atoms with van der Waals surface area (Å²) in [6.07, 6.45) is 1.04. The molecule has 104 valence electrons. The lowest BCUT2D eigenvalue weighted by Gasteiger charge is -2.18. The first-order valence-corrected chi connectivity index (χ1v) is 6.17. The molecule has 0 aliphatic carbocycles. The molecule has 0 saturated heterocycles. The van der Waals surface area contributed by atoms with E-state index in [4.69, 9.17) is 4.74 Å². The molecule has 0 fully saturated rings. The molecule has 0 bridgehead atoms. The Kier molecular flexibility index (Phi) is 6.08. The summed E-state index contributed by atoms with van der Waals surface area (Å²) >= 11 is 0. The van der Waals surface area contributed by atoms with Gasteiger partial charge >= 0.3 is 0 Å². The van der Waals surface area contributed by atoms with Crippen LogP contribution in [0.4, 0.5) is 5.82 Å². The molecule has 0 radical (unpaired) electrons. The summed E-state index contributed by atoms with van der Waals surface area (Å²) in [7, 11) is 0. The fourth-order valence-corrected chi connectivity index (χ4v) is 1.98. The highest BCUT2D eigenvalue weighted by atomic mass is 127. The van der Waals surface area contributed by atoms with Crippen LogP contribution in [0.15, 0.2) is 37.4 Å². The molecule has 0 atom stereocenters. The lowest BCUT2D eigenvalue weighted by molar-refractivity contribution is 0.322. The summed E-state index contributed by atoms with van der Waals surface area (Å²) < 4.78 is 5.56. The van der Waals surface area contributed by atoms with E-state index in [0.29, 0.717) is 6.61 Å². The second-order valence-corrected chi connectivity index (χ2v) is 3.99. The van der Waals surface area contributed by atoms with Crippen LogP contribution in [-0.4, -0.2) is 18.1 Å². The van der Waals surface area contributed by atoms with Crippen LogP contribution in [0.1, 0.15) is 13.9 Å². The van der Waals surface area contributed by atoms with Crippen LogP contribution in [0.2, 0.25) is 0 Å². The van der Waals surface area contributed by atoms with Gasteiger partial charge in [-0.2, -0.15) is 0 Å². The van der Waals surface area contributed by atoms with Crippen molar-refractivity contribution in [3.63, 3.8) is 0 Å². The van der Waals surface area contributed by atoms with E-state index in [2.05, 4.69) is 54.6 Å². The SMILES string of the molecule is C=C.CCc1ccc2cc3c(nc2c1)NCCO3.I.[HH]. The highest BCUT2D eigenvalue weighted by molar-refractivity contribution is 14.0. The molecule has 3 rings (SSSR count). The highest BCUT2D eigenvalue weighted by Crippen LogP contribution is 2.29. The summed E-state index contributed by atoms with van der Waals surface area (Å²) in [6, 6.07) is 8.46. The summed E-state index contributed by atoms with van der Waals surface area (Å²) in [5.41, 5.74) is 2.35. The lowest BCUT2D eigenvalue weighted by atomic mass is 10.1. The Bertz CT molecular complexity index is 563. The predicted octanol–water partition coefficient (Wildman–Crippen LogP) is 4.27. The topological polar surface area (TPSA) is 34.2 Å². The molecule has 1 aliphatic heterocycles. The van der Waals surface area contributed by atoms with Crippen LogP contribution in [0.3, 0.4) is 0 Å². The normalized spacial score (nSPS) is 12.1. The van der Waals surface area contributed by atoms with E-state index in [1.165, 1.54) is 5.56 Å². The van der Waals surface area contributed by atoms with E-state index >= 15 is 0 Å². The number of anilines is 1. The molecule has 2 heterocycles. The number of rotatable bonds is 1. The van der Waals surface area contributed by atoms with Crippen LogP contribution in [0.5, 0.6) is 5.75 Å². The zero-order valence-corrected chi connectivity index (χ0v) is 13.4. The number of ether oxygens (including phenoxy) is 1. The zero-order chi connectivity index (χ0) is 13.0. The van der Waals surface area contributed by atoms with Gasteiger partial charge < -0.3 is 10.1 Å². The predicted molar refractivity (Wildman–Crippen MR) is 93.9 cm³/mol. The Morgan fingerprint density at radius 1 is 1.37 bits per heavy atom. The van der Waals surface area contributed by atoms with Gasteiger partial charge in [0.25, 0.3) is 0 Å². The molecule has 0 saturated carbocycles. The number of fused-ring (bicyclic) bond motifs is 2. The maximum Gasteiger partial charge on any atom is 0.169 e. The Morgan fingerprint density at radius 3 is 2.89 bits per heavy atom. The van der Waals surface area contributed by atoms with Crippen molar-refractivity contribution in [2.24, 2.45) is 0 Å². The fraction of sp³-hybridized carbons (Fsp3) is 0.267. The third-order valence-electron chi connectivity index (χ3n) is 2.91. The second kappa shape index (κ2) is 7.33. The van der Waals surface area contributed by atoms with Crippen molar-refractivity contribution in [2.45, 2.75) is 13.3 Å². The maximum absolute atomic E-state index is 5.56. The largest absolute Gasteiger partial charge is 0.488 e. The van der Waals surface area contributed by atoms with Crippen molar-refractivity contribution in [1.29, 1.82) is 0 Å². The van der Waals surface area contributed by atoms with E-state index in [-0.39, 0.29) is 25.4 Å². The van der Waals surface area contributed by atoms with Gasteiger partial charge in [0, 0.05) is 6.81 Å². The summed E-state index contributed by atoms with van der Waals surface area (Å²) in [5.74, 6) is 1.73. The first kappa shape index (κ1) is 15.8. The van der Waals surface area contributed by atoms with Gasteiger partial charge in [0.05, 0.1) is 12.1 Å². The van der Waals surface area contributed by atoms with Crippen LogP contribution in [0, 0.1) is 0 Å². The van der Waals surface area contributed by atoms with Gasteiger partial charge in [-0.25, -0.2) is 4.98 Å². The first-order valence-electron chi connectivity index (χ1n) is 6.17. The highest BCUT2D eigenvalue weighted by Gasteiger charge is 2.12. The molecule has 0 unspecified atom stereocenters. The van der Waals surface area contributed by atoms with Crippen molar-refractivity contribution in [3.8, 4) is 5.75 Å². The number of halogens is 1. The molecule has 1 aromatic carbocycles. The van der Waals surface area contributed by atoms with E-state index in [1.807, 2.05) is 0 Å². The molecule has 1 aromatic heterocycles. The number of nitrogens with zero attached hydrogens (tertiary/aromatic N) is 1. The lowest BCUT2D eigenvalue weighted by Crippen LogP contribution is -2.18. The third kappa shape index (κ3) is 3.37. The molecular weight excluding hydrogens is 351 g/mol. The van der Waals surface area contributed by atoms with E-state index in [1.54, 1.807) is 0 Å². The maximum atomic E-state index is 5.56. The number of benzene rings is 1. The molecular formula is C15H21IN2O. The number of aromatic nitrogens is 1. The van der Waals surface area contributed by atoms with Crippen molar-refractivity contribution >= 4 is 40.7 Å². The average molecular weight is 372 g/mol. The summed E-state index contributed by atoms with van der Waals surface area (Å²) in [5, 5.41) is 4.39. The van der Waals surface area contributed by atoms with Gasteiger partial charge in [0.15, 0.2) is 11.6 Å². The van der Waals surface area contributed by atoms with Gasteiger partial charge in [-0.3, -0.25) is 0 Å². The quantitative estimate of drug-likeness (QED) is 0.600. The molecule has 2 aromatic rings. The Labute approximate surface area is 132 Å². The standard InChI is InChI=1S/C13H14N2O.C2H4.HI.H2/c1-2-9-3-4-10-8-12-13(14-5-6-16-12)15-11(10)7-9;1-2;;/h3-4,7-8H,2,5-6H2,1H3,(H,14,15);1-2H2;2*1H. The molecule has 3 nitrogen and oxygen atoms in total. The monoisotopic (exact) mass is 372 g/mol. The van der Waals surface area contributed by atoms with Crippen molar-refractivity contribution < 1.29 is 6.16 Å². The van der Waals surface area contributed by atoms with E-state index in [0.717, 1.165) is 35.4 Å². The number of aryl methyl sites for hydroxylation is 1. The smallest absolute Gasteiger partial charge is 0.169 e.